The van der Waals surface area contributed by atoms with Gasteiger partial charge in [-0.2, -0.15) is 0 Å². The molecule has 3 rings (SSSR count). The van der Waals surface area contributed by atoms with Crippen molar-refractivity contribution in [2.75, 3.05) is 0 Å². The molecule has 0 radical (unpaired) electrons. The number of para-hydroxylation sites is 1. The Morgan fingerprint density at radius 3 is 2.47 bits per heavy atom. The Morgan fingerprint density at radius 2 is 1.71 bits per heavy atom. The lowest BCUT2D eigenvalue weighted by molar-refractivity contribution is 0.419. The van der Waals surface area contributed by atoms with Crippen LogP contribution in [0.15, 0.2) is 40.8 Å². The predicted octanol–water partition coefficient (Wildman–Crippen LogP) is 0.971. The first-order chi connectivity index (χ1) is 8.16. The molecule has 2 aromatic carbocycles. The van der Waals surface area contributed by atoms with Crippen LogP contribution in [0.5, 0.6) is 5.75 Å². The van der Waals surface area contributed by atoms with Crippen molar-refractivity contribution in [2.24, 2.45) is 0 Å². The molecule has 1 aromatic heterocycles. The van der Waals surface area contributed by atoms with Crippen LogP contribution in [-0.2, 0) is 0 Å². The lowest BCUT2D eigenvalue weighted by Gasteiger charge is -2.02. The summed E-state index contributed by atoms with van der Waals surface area (Å²) in [6.07, 6.45) is 0. The molecule has 0 saturated heterocycles. The largest absolute Gasteiger partial charge is 0.508 e. The van der Waals surface area contributed by atoms with E-state index in [1.165, 1.54) is 12.1 Å². The Balaban J connectivity index is 2.42. The maximum Gasteiger partial charge on any atom is 0.492 e. The molecule has 5 heteroatoms. The fourth-order valence-electron chi connectivity index (χ4n) is 1.98. The number of fused-ring (bicyclic) bond motifs is 3. The Bertz CT molecular complexity index is 702. The van der Waals surface area contributed by atoms with Gasteiger partial charge in [0.25, 0.3) is 0 Å². The van der Waals surface area contributed by atoms with E-state index in [4.69, 9.17) is 14.5 Å². The van der Waals surface area contributed by atoms with Gasteiger partial charge in [0.2, 0.25) is 0 Å². The third-order valence-electron chi connectivity index (χ3n) is 2.80. The first kappa shape index (κ1) is 10.2. The standard InChI is InChI=1S/C12H9BO4/c14-10-5-8-7-3-1-2-4-11(7)17-12(8)6-9(10)13(15)16/h1-6,14-16H. The van der Waals surface area contributed by atoms with Crippen LogP contribution in [-0.4, -0.2) is 22.3 Å². The van der Waals surface area contributed by atoms with E-state index in [0.29, 0.717) is 11.2 Å². The van der Waals surface area contributed by atoms with Crippen molar-refractivity contribution >= 4 is 34.5 Å². The molecule has 0 atom stereocenters. The first-order valence-electron chi connectivity index (χ1n) is 5.17. The molecule has 0 amide bonds. The van der Waals surface area contributed by atoms with E-state index in [2.05, 4.69) is 0 Å². The van der Waals surface area contributed by atoms with Crippen LogP contribution >= 0.6 is 0 Å². The summed E-state index contributed by atoms with van der Waals surface area (Å²) in [5.74, 6) is -0.154. The average molecular weight is 228 g/mol. The molecule has 3 N–H and O–H groups in total. The highest BCUT2D eigenvalue weighted by Gasteiger charge is 2.19. The van der Waals surface area contributed by atoms with Gasteiger partial charge in [0.1, 0.15) is 16.9 Å². The fourth-order valence-corrected chi connectivity index (χ4v) is 1.98. The van der Waals surface area contributed by atoms with E-state index >= 15 is 0 Å². The number of phenols is 1. The molecule has 0 aliphatic heterocycles. The molecule has 0 bridgehead atoms. The number of furan rings is 1. The van der Waals surface area contributed by atoms with Gasteiger partial charge in [-0.05, 0) is 18.2 Å². The molecule has 84 valence electrons. The topological polar surface area (TPSA) is 73.8 Å². The summed E-state index contributed by atoms with van der Waals surface area (Å²) in [5, 5.41) is 29.5. The third-order valence-corrected chi connectivity index (χ3v) is 2.80. The molecule has 0 unspecified atom stereocenters. The van der Waals surface area contributed by atoms with Crippen LogP contribution in [0.1, 0.15) is 0 Å². The molecule has 1 heterocycles. The van der Waals surface area contributed by atoms with Gasteiger partial charge in [0.15, 0.2) is 0 Å². The SMILES string of the molecule is OB(O)c1cc2oc3ccccc3c2cc1O. The normalized spacial score (nSPS) is 11.2. The van der Waals surface area contributed by atoms with Gasteiger partial charge in [-0.1, -0.05) is 18.2 Å². The summed E-state index contributed by atoms with van der Waals surface area (Å²) in [4.78, 5) is 0. The predicted molar refractivity (Wildman–Crippen MR) is 65.2 cm³/mol. The zero-order chi connectivity index (χ0) is 12.0. The second kappa shape index (κ2) is 3.51. The van der Waals surface area contributed by atoms with Crippen molar-refractivity contribution in [3.8, 4) is 5.75 Å². The van der Waals surface area contributed by atoms with Gasteiger partial charge in [-0.25, -0.2) is 0 Å². The smallest absolute Gasteiger partial charge is 0.492 e. The minimum absolute atomic E-state index is 0.0385. The molecule has 3 aromatic rings. The van der Waals surface area contributed by atoms with E-state index < -0.39 is 7.12 Å². The summed E-state index contributed by atoms with van der Waals surface area (Å²) < 4.78 is 5.56. The van der Waals surface area contributed by atoms with Gasteiger partial charge in [-0.15, -0.1) is 0 Å². The van der Waals surface area contributed by atoms with Crippen LogP contribution in [0, 0.1) is 0 Å². The number of aromatic hydroxyl groups is 1. The van der Waals surface area contributed by atoms with Crippen molar-refractivity contribution in [2.45, 2.75) is 0 Å². The molecule has 4 nitrogen and oxygen atoms in total. The molecular formula is C12H9BO4. The summed E-state index contributed by atoms with van der Waals surface area (Å²) in [5.41, 5.74) is 1.26. The Labute approximate surface area is 96.9 Å². The van der Waals surface area contributed by atoms with Gasteiger partial charge >= 0.3 is 7.12 Å². The van der Waals surface area contributed by atoms with Crippen molar-refractivity contribution in [3.63, 3.8) is 0 Å². The van der Waals surface area contributed by atoms with E-state index in [9.17, 15) is 5.11 Å². The maximum atomic E-state index is 9.70. The van der Waals surface area contributed by atoms with E-state index in [0.717, 1.165) is 10.8 Å². The van der Waals surface area contributed by atoms with E-state index in [1.807, 2.05) is 24.3 Å². The summed E-state index contributed by atoms with van der Waals surface area (Å²) >= 11 is 0. The van der Waals surface area contributed by atoms with Crippen molar-refractivity contribution in [1.82, 2.24) is 0 Å². The van der Waals surface area contributed by atoms with Crippen molar-refractivity contribution in [3.05, 3.63) is 36.4 Å². The molecule has 0 saturated carbocycles. The summed E-state index contributed by atoms with van der Waals surface area (Å²) in [6.45, 7) is 0. The Hall–Kier alpha value is -1.98. The van der Waals surface area contributed by atoms with Gasteiger partial charge in [0.05, 0.1) is 0 Å². The highest BCUT2D eigenvalue weighted by atomic mass is 16.4. The highest BCUT2D eigenvalue weighted by Crippen LogP contribution is 2.30. The minimum Gasteiger partial charge on any atom is -0.508 e. The maximum absolute atomic E-state index is 9.70. The summed E-state index contributed by atoms with van der Waals surface area (Å²) in [7, 11) is -1.72. The quantitative estimate of drug-likeness (QED) is 0.542. The van der Waals surface area contributed by atoms with Gasteiger partial charge in [-0.3, -0.25) is 0 Å². The monoisotopic (exact) mass is 228 g/mol. The van der Waals surface area contributed by atoms with E-state index in [1.54, 1.807) is 0 Å². The lowest BCUT2D eigenvalue weighted by Crippen LogP contribution is -2.29. The summed E-state index contributed by atoms with van der Waals surface area (Å²) in [6, 6.07) is 10.4. The third kappa shape index (κ3) is 1.48. The number of phenolic OH excluding ortho intramolecular Hbond substituents is 1. The molecule has 0 aliphatic carbocycles. The van der Waals surface area contributed by atoms with Crippen molar-refractivity contribution in [1.29, 1.82) is 0 Å². The molecule has 0 spiro atoms. The molecular weight excluding hydrogens is 219 g/mol. The lowest BCUT2D eigenvalue weighted by atomic mass is 9.79. The molecule has 0 aliphatic rings. The molecule has 17 heavy (non-hydrogen) atoms. The van der Waals surface area contributed by atoms with E-state index in [-0.39, 0.29) is 11.2 Å². The number of benzene rings is 2. The Kier molecular flexibility index (Phi) is 2.11. The highest BCUT2D eigenvalue weighted by molar-refractivity contribution is 6.60. The van der Waals surface area contributed by atoms with Crippen LogP contribution in [0.2, 0.25) is 0 Å². The first-order valence-corrected chi connectivity index (χ1v) is 5.17. The minimum atomic E-state index is -1.72. The molecule has 0 fully saturated rings. The van der Waals surface area contributed by atoms with Crippen LogP contribution in [0.25, 0.3) is 21.9 Å². The number of hydrogen-bond acceptors (Lipinski definition) is 4. The second-order valence-electron chi connectivity index (χ2n) is 3.88. The van der Waals surface area contributed by atoms with Crippen LogP contribution < -0.4 is 5.46 Å². The zero-order valence-electron chi connectivity index (χ0n) is 8.79. The zero-order valence-corrected chi connectivity index (χ0v) is 8.79. The number of rotatable bonds is 1. The second-order valence-corrected chi connectivity index (χ2v) is 3.88. The Morgan fingerprint density at radius 1 is 0.941 bits per heavy atom. The van der Waals surface area contributed by atoms with Crippen LogP contribution in [0.4, 0.5) is 0 Å². The number of hydrogen-bond donors (Lipinski definition) is 3. The average Bonchev–Trinajstić information content (AvgIpc) is 2.65. The van der Waals surface area contributed by atoms with Crippen molar-refractivity contribution < 1.29 is 19.6 Å². The fraction of sp³-hybridized carbons (Fsp3) is 0. The van der Waals surface area contributed by atoms with Gasteiger partial charge < -0.3 is 19.6 Å². The van der Waals surface area contributed by atoms with Crippen LogP contribution in [0.3, 0.4) is 0 Å². The van der Waals surface area contributed by atoms with Gasteiger partial charge in [0, 0.05) is 16.2 Å².